The number of hydrogen-bond donors (Lipinski definition) is 0. The predicted octanol–water partition coefficient (Wildman–Crippen LogP) is 3.88. The lowest BCUT2D eigenvalue weighted by Gasteiger charge is -2.07. The van der Waals surface area contributed by atoms with E-state index in [9.17, 15) is 10.1 Å². The first-order chi connectivity index (χ1) is 9.06. The minimum Gasteiger partial charge on any atom is -0.489 e. The van der Waals surface area contributed by atoms with E-state index < -0.39 is 4.92 Å². The smallest absolute Gasteiger partial charge is 0.269 e. The second-order valence-electron chi connectivity index (χ2n) is 3.64. The van der Waals surface area contributed by atoms with Gasteiger partial charge in [-0.2, -0.15) is 0 Å². The molecule has 19 heavy (non-hydrogen) atoms. The van der Waals surface area contributed by atoms with Gasteiger partial charge in [-0.05, 0) is 18.2 Å². The van der Waals surface area contributed by atoms with E-state index in [1.54, 1.807) is 0 Å². The fourth-order valence-corrected chi connectivity index (χ4v) is 1.79. The molecule has 1 heterocycles. The van der Waals surface area contributed by atoms with Crippen LogP contribution in [0.5, 0.6) is 5.75 Å². The third-order valence-electron chi connectivity index (χ3n) is 2.34. The van der Waals surface area contributed by atoms with Crippen LogP contribution in [0, 0.1) is 10.1 Å². The van der Waals surface area contributed by atoms with Crippen LogP contribution in [0.1, 0.15) is 5.56 Å². The van der Waals surface area contributed by atoms with Crippen LogP contribution in [0.4, 0.5) is 5.69 Å². The molecular formula is C12H8Cl2N2O3. The number of hydrogen-bond acceptors (Lipinski definition) is 4. The second-order valence-corrected chi connectivity index (χ2v) is 4.43. The zero-order valence-corrected chi connectivity index (χ0v) is 11.1. The quantitative estimate of drug-likeness (QED) is 0.488. The highest BCUT2D eigenvalue weighted by Crippen LogP contribution is 2.22. The van der Waals surface area contributed by atoms with E-state index in [0.717, 1.165) is 0 Å². The molecule has 0 aliphatic heterocycles. The van der Waals surface area contributed by atoms with Crippen LogP contribution < -0.4 is 4.74 Å². The van der Waals surface area contributed by atoms with Crippen molar-refractivity contribution in [3.05, 3.63) is 62.4 Å². The minimum absolute atomic E-state index is 0.0125. The molecule has 1 aromatic carbocycles. The van der Waals surface area contributed by atoms with Gasteiger partial charge in [0.1, 0.15) is 17.5 Å². The number of ether oxygens (including phenoxy) is 1. The number of aromatic nitrogens is 1. The minimum atomic E-state index is -0.468. The van der Waals surface area contributed by atoms with Crippen LogP contribution in [-0.4, -0.2) is 9.91 Å². The van der Waals surface area contributed by atoms with Gasteiger partial charge in [0.25, 0.3) is 5.69 Å². The van der Waals surface area contributed by atoms with Crippen molar-refractivity contribution in [2.24, 2.45) is 0 Å². The van der Waals surface area contributed by atoms with E-state index in [4.69, 9.17) is 27.9 Å². The maximum absolute atomic E-state index is 10.5. The highest BCUT2D eigenvalue weighted by atomic mass is 35.5. The first-order valence-corrected chi connectivity index (χ1v) is 5.99. The average Bonchev–Trinajstić information content (AvgIpc) is 2.38. The summed E-state index contributed by atoms with van der Waals surface area (Å²) in [4.78, 5) is 13.9. The highest BCUT2D eigenvalue weighted by molar-refractivity contribution is 6.34. The van der Waals surface area contributed by atoms with Crippen molar-refractivity contribution in [3.63, 3.8) is 0 Å². The number of nitrogens with zero attached hydrogens (tertiary/aromatic N) is 2. The number of non-ortho nitro benzene ring substituents is 1. The van der Waals surface area contributed by atoms with Crippen LogP contribution in [0.25, 0.3) is 0 Å². The van der Waals surface area contributed by atoms with Gasteiger partial charge in [-0.1, -0.05) is 23.2 Å². The lowest BCUT2D eigenvalue weighted by atomic mass is 10.3. The van der Waals surface area contributed by atoms with Crippen LogP contribution >= 0.6 is 23.2 Å². The maximum atomic E-state index is 10.5. The van der Waals surface area contributed by atoms with Gasteiger partial charge in [-0.25, -0.2) is 4.98 Å². The van der Waals surface area contributed by atoms with E-state index >= 15 is 0 Å². The molecule has 0 saturated carbocycles. The molecule has 2 aromatic rings. The van der Waals surface area contributed by atoms with Crippen molar-refractivity contribution in [2.45, 2.75) is 6.61 Å². The number of benzene rings is 1. The summed E-state index contributed by atoms with van der Waals surface area (Å²) in [5, 5.41) is 11.3. The zero-order valence-electron chi connectivity index (χ0n) is 9.55. The molecule has 0 N–H and O–H groups in total. The molecule has 0 amide bonds. The number of nitro benzene ring substituents is 1. The summed E-state index contributed by atoms with van der Waals surface area (Å²) in [7, 11) is 0. The van der Waals surface area contributed by atoms with Gasteiger partial charge in [0.15, 0.2) is 0 Å². The van der Waals surface area contributed by atoms with E-state index in [-0.39, 0.29) is 12.3 Å². The molecule has 7 heteroatoms. The Morgan fingerprint density at radius 1 is 1.26 bits per heavy atom. The fourth-order valence-electron chi connectivity index (χ4n) is 1.37. The molecule has 0 aliphatic rings. The third kappa shape index (κ3) is 3.56. The van der Waals surface area contributed by atoms with Crippen molar-refractivity contribution in [3.8, 4) is 5.75 Å². The summed E-state index contributed by atoms with van der Waals surface area (Å²) < 4.78 is 5.46. The number of halogens is 2. The monoisotopic (exact) mass is 298 g/mol. The van der Waals surface area contributed by atoms with Gasteiger partial charge >= 0.3 is 0 Å². The van der Waals surface area contributed by atoms with Gasteiger partial charge < -0.3 is 4.74 Å². The Morgan fingerprint density at radius 2 is 1.95 bits per heavy atom. The molecule has 98 valence electrons. The van der Waals surface area contributed by atoms with E-state index in [1.165, 1.54) is 36.5 Å². The molecular weight excluding hydrogens is 291 g/mol. The molecule has 0 spiro atoms. The Kier molecular flexibility index (Phi) is 4.19. The average molecular weight is 299 g/mol. The lowest BCUT2D eigenvalue weighted by Crippen LogP contribution is -1.97. The molecule has 0 atom stereocenters. The molecule has 1 aromatic heterocycles. The number of nitro groups is 1. The molecule has 0 saturated heterocycles. The fraction of sp³-hybridized carbons (Fsp3) is 0.0833. The molecule has 5 nitrogen and oxygen atoms in total. The Labute approximate surface area is 118 Å². The van der Waals surface area contributed by atoms with Gasteiger partial charge in [0.05, 0.1) is 9.95 Å². The number of pyridine rings is 1. The standard InChI is InChI=1S/C12H8Cl2N2O3/c13-11-5-12(14)15-6-8(11)7-19-10-3-1-9(2-4-10)16(17)18/h1-6H,7H2. The number of rotatable bonds is 4. The molecule has 0 bridgehead atoms. The first-order valence-electron chi connectivity index (χ1n) is 5.23. The van der Waals surface area contributed by atoms with E-state index in [0.29, 0.717) is 21.5 Å². The van der Waals surface area contributed by atoms with Gasteiger partial charge in [0.2, 0.25) is 0 Å². The maximum Gasteiger partial charge on any atom is 0.269 e. The Morgan fingerprint density at radius 3 is 2.53 bits per heavy atom. The summed E-state index contributed by atoms with van der Waals surface area (Å²) in [6, 6.07) is 7.32. The van der Waals surface area contributed by atoms with Crippen molar-refractivity contribution < 1.29 is 9.66 Å². The van der Waals surface area contributed by atoms with Crippen molar-refractivity contribution in [2.75, 3.05) is 0 Å². The molecule has 0 aliphatic carbocycles. The summed E-state index contributed by atoms with van der Waals surface area (Å²) in [5.41, 5.74) is 0.697. The topological polar surface area (TPSA) is 65.3 Å². The van der Waals surface area contributed by atoms with E-state index in [2.05, 4.69) is 4.98 Å². The normalized spacial score (nSPS) is 10.2. The summed E-state index contributed by atoms with van der Waals surface area (Å²) in [6.07, 6.45) is 1.52. The van der Waals surface area contributed by atoms with Crippen molar-refractivity contribution in [1.29, 1.82) is 0 Å². The van der Waals surface area contributed by atoms with Gasteiger partial charge in [-0.15, -0.1) is 0 Å². The van der Waals surface area contributed by atoms with E-state index in [1.807, 2.05) is 0 Å². The Balaban J connectivity index is 2.04. The van der Waals surface area contributed by atoms with Gasteiger partial charge in [0, 0.05) is 23.9 Å². The lowest BCUT2D eigenvalue weighted by molar-refractivity contribution is -0.384. The largest absolute Gasteiger partial charge is 0.489 e. The molecule has 0 unspecified atom stereocenters. The third-order valence-corrected chi connectivity index (χ3v) is 2.90. The zero-order chi connectivity index (χ0) is 13.8. The molecule has 0 fully saturated rings. The summed E-state index contributed by atoms with van der Waals surface area (Å²) >= 11 is 11.6. The summed E-state index contributed by atoms with van der Waals surface area (Å²) in [6.45, 7) is 0.209. The van der Waals surface area contributed by atoms with Gasteiger partial charge in [-0.3, -0.25) is 10.1 Å². The molecule has 0 radical (unpaired) electrons. The van der Waals surface area contributed by atoms with Crippen LogP contribution in [0.3, 0.4) is 0 Å². The summed E-state index contributed by atoms with van der Waals surface area (Å²) in [5.74, 6) is 0.511. The van der Waals surface area contributed by atoms with Crippen molar-refractivity contribution >= 4 is 28.9 Å². The Hall–Kier alpha value is -1.85. The highest BCUT2D eigenvalue weighted by Gasteiger charge is 2.06. The first kappa shape index (κ1) is 13.6. The predicted molar refractivity (Wildman–Crippen MR) is 71.7 cm³/mol. The second kappa shape index (κ2) is 5.86. The Bertz CT molecular complexity index is 602. The van der Waals surface area contributed by atoms with Crippen LogP contribution in [-0.2, 0) is 6.61 Å². The van der Waals surface area contributed by atoms with Crippen molar-refractivity contribution in [1.82, 2.24) is 4.98 Å². The molecule has 2 rings (SSSR count). The van der Waals surface area contributed by atoms with Crippen LogP contribution in [0.15, 0.2) is 36.5 Å². The van der Waals surface area contributed by atoms with Crippen LogP contribution in [0.2, 0.25) is 10.2 Å². The SMILES string of the molecule is O=[N+]([O-])c1ccc(OCc2cnc(Cl)cc2Cl)cc1.